The second-order valence-electron chi connectivity index (χ2n) is 6.25. The Labute approximate surface area is 133 Å². The highest BCUT2D eigenvalue weighted by Gasteiger charge is 2.21. The first-order valence-electron chi connectivity index (χ1n) is 7.61. The first-order chi connectivity index (χ1) is 10.3. The van der Waals surface area contributed by atoms with Gasteiger partial charge in [-0.1, -0.05) is 0 Å². The standard InChI is InChI=1S/C16H29N3O3/c1-16(2,3)22-15(20)19(11-12-21-5)10-8-17-13-14-7-6-9-18(14)4/h6-7,9,17H,8,10-13H2,1-5H3. The van der Waals surface area contributed by atoms with Gasteiger partial charge in [-0.2, -0.15) is 0 Å². The molecule has 0 saturated heterocycles. The van der Waals surface area contributed by atoms with Gasteiger partial charge in [-0.3, -0.25) is 0 Å². The molecule has 6 nitrogen and oxygen atoms in total. The fraction of sp³-hybridized carbons (Fsp3) is 0.688. The van der Waals surface area contributed by atoms with Gasteiger partial charge in [-0.25, -0.2) is 4.79 Å². The molecule has 0 aliphatic heterocycles. The van der Waals surface area contributed by atoms with E-state index >= 15 is 0 Å². The molecule has 0 aromatic carbocycles. The molecule has 0 aliphatic carbocycles. The lowest BCUT2D eigenvalue weighted by molar-refractivity contribution is 0.0204. The van der Waals surface area contributed by atoms with Gasteiger partial charge in [0.1, 0.15) is 5.60 Å². The van der Waals surface area contributed by atoms with Crippen LogP contribution in [-0.2, 0) is 23.1 Å². The minimum Gasteiger partial charge on any atom is -0.444 e. The molecule has 126 valence electrons. The molecule has 1 N–H and O–H groups in total. The number of hydrogen-bond donors (Lipinski definition) is 1. The predicted molar refractivity (Wildman–Crippen MR) is 86.8 cm³/mol. The molecule has 0 atom stereocenters. The van der Waals surface area contributed by atoms with E-state index in [9.17, 15) is 4.79 Å². The van der Waals surface area contributed by atoms with Crippen LogP contribution in [0.2, 0.25) is 0 Å². The number of aryl methyl sites for hydroxylation is 1. The summed E-state index contributed by atoms with van der Waals surface area (Å²) in [5, 5.41) is 3.34. The molecule has 0 unspecified atom stereocenters. The lowest BCUT2D eigenvalue weighted by Gasteiger charge is -2.27. The number of ether oxygens (including phenoxy) is 2. The lowest BCUT2D eigenvalue weighted by atomic mass is 10.2. The second-order valence-corrected chi connectivity index (χ2v) is 6.25. The summed E-state index contributed by atoms with van der Waals surface area (Å²) in [6, 6.07) is 4.09. The van der Waals surface area contributed by atoms with E-state index in [4.69, 9.17) is 9.47 Å². The third-order valence-electron chi connectivity index (χ3n) is 3.13. The van der Waals surface area contributed by atoms with Crippen LogP contribution in [0.3, 0.4) is 0 Å². The summed E-state index contributed by atoms with van der Waals surface area (Å²) in [6.45, 7) is 8.69. The molecule has 0 fully saturated rings. The van der Waals surface area contributed by atoms with E-state index in [-0.39, 0.29) is 6.09 Å². The molecule has 0 bridgehead atoms. The highest BCUT2D eigenvalue weighted by molar-refractivity contribution is 5.68. The lowest BCUT2D eigenvalue weighted by Crippen LogP contribution is -2.42. The van der Waals surface area contributed by atoms with Crippen LogP contribution in [0, 0.1) is 0 Å². The Hall–Kier alpha value is -1.53. The SMILES string of the molecule is COCCN(CCNCc1cccn1C)C(=O)OC(C)(C)C. The minimum absolute atomic E-state index is 0.301. The van der Waals surface area contributed by atoms with E-state index in [1.165, 1.54) is 5.69 Å². The summed E-state index contributed by atoms with van der Waals surface area (Å²) in [5.41, 5.74) is 0.722. The number of rotatable bonds is 8. The van der Waals surface area contributed by atoms with E-state index in [1.54, 1.807) is 12.0 Å². The second kappa shape index (κ2) is 8.80. The van der Waals surface area contributed by atoms with Crippen LogP contribution >= 0.6 is 0 Å². The molecule has 1 aromatic heterocycles. The summed E-state index contributed by atoms with van der Waals surface area (Å²) in [6.07, 6.45) is 1.72. The maximum atomic E-state index is 12.2. The Kier molecular flexibility index (Phi) is 7.41. The van der Waals surface area contributed by atoms with Crippen molar-refractivity contribution in [3.8, 4) is 0 Å². The molecular formula is C16H29N3O3. The molecule has 0 aliphatic rings. The molecule has 1 aromatic rings. The molecule has 0 saturated carbocycles. The molecular weight excluding hydrogens is 282 g/mol. The Morgan fingerprint density at radius 2 is 2.09 bits per heavy atom. The van der Waals surface area contributed by atoms with Crippen molar-refractivity contribution in [1.82, 2.24) is 14.8 Å². The number of methoxy groups -OCH3 is 1. The molecule has 22 heavy (non-hydrogen) atoms. The Morgan fingerprint density at radius 1 is 1.36 bits per heavy atom. The van der Waals surface area contributed by atoms with Crippen molar-refractivity contribution < 1.29 is 14.3 Å². The largest absolute Gasteiger partial charge is 0.444 e. The number of aromatic nitrogens is 1. The summed E-state index contributed by atoms with van der Waals surface area (Å²) in [4.78, 5) is 13.8. The van der Waals surface area contributed by atoms with Crippen LogP contribution in [0.5, 0.6) is 0 Å². The van der Waals surface area contributed by atoms with Gasteiger partial charge in [0, 0.05) is 52.2 Å². The van der Waals surface area contributed by atoms with Gasteiger partial charge in [0.05, 0.1) is 6.61 Å². The third kappa shape index (κ3) is 6.95. The van der Waals surface area contributed by atoms with Gasteiger partial charge in [-0.15, -0.1) is 0 Å². The zero-order valence-corrected chi connectivity index (χ0v) is 14.4. The maximum absolute atomic E-state index is 12.2. The van der Waals surface area contributed by atoms with E-state index < -0.39 is 5.60 Å². The van der Waals surface area contributed by atoms with Gasteiger partial charge in [-0.05, 0) is 32.9 Å². The van der Waals surface area contributed by atoms with Gasteiger partial charge < -0.3 is 24.3 Å². The van der Waals surface area contributed by atoms with Crippen LogP contribution in [-0.4, -0.2) is 54.5 Å². The van der Waals surface area contributed by atoms with Crippen molar-refractivity contribution in [3.63, 3.8) is 0 Å². The minimum atomic E-state index is -0.487. The van der Waals surface area contributed by atoms with Gasteiger partial charge in [0.2, 0.25) is 0 Å². The molecule has 6 heteroatoms. The van der Waals surface area contributed by atoms with E-state index in [2.05, 4.69) is 16.0 Å². The highest BCUT2D eigenvalue weighted by Crippen LogP contribution is 2.09. The Balaban J connectivity index is 2.40. The normalized spacial score (nSPS) is 11.5. The number of hydrogen-bond acceptors (Lipinski definition) is 4. The monoisotopic (exact) mass is 311 g/mol. The number of nitrogens with one attached hydrogen (secondary N) is 1. The molecule has 1 amide bonds. The Morgan fingerprint density at radius 3 is 2.64 bits per heavy atom. The molecule has 1 rings (SSSR count). The number of carbonyl (C=O) groups is 1. The van der Waals surface area contributed by atoms with E-state index in [0.29, 0.717) is 26.2 Å². The van der Waals surface area contributed by atoms with Crippen molar-refractivity contribution in [2.45, 2.75) is 32.9 Å². The summed E-state index contributed by atoms with van der Waals surface area (Å²) >= 11 is 0. The van der Waals surface area contributed by atoms with Crippen molar-refractivity contribution in [2.24, 2.45) is 7.05 Å². The third-order valence-corrected chi connectivity index (χ3v) is 3.13. The Bertz CT molecular complexity index is 452. The van der Waals surface area contributed by atoms with Crippen molar-refractivity contribution in [3.05, 3.63) is 24.0 Å². The first-order valence-corrected chi connectivity index (χ1v) is 7.61. The first kappa shape index (κ1) is 18.5. The average molecular weight is 311 g/mol. The van der Waals surface area contributed by atoms with Gasteiger partial charge in [0.25, 0.3) is 0 Å². The molecule has 0 spiro atoms. The van der Waals surface area contributed by atoms with E-state index in [1.807, 2.05) is 40.1 Å². The van der Waals surface area contributed by atoms with Crippen molar-refractivity contribution >= 4 is 6.09 Å². The highest BCUT2D eigenvalue weighted by atomic mass is 16.6. The molecule has 1 heterocycles. The van der Waals surface area contributed by atoms with Crippen LogP contribution in [0.15, 0.2) is 18.3 Å². The summed E-state index contributed by atoms with van der Waals surface area (Å²) < 4.78 is 12.6. The number of nitrogens with zero attached hydrogens (tertiary/aromatic N) is 2. The van der Waals surface area contributed by atoms with Crippen LogP contribution < -0.4 is 5.32 Å². The average Bonchev–Trinajstić information content (AvgIpc) is 2.81. The van der Waals surface area contributed by atoms with E-state index in [0.717, 1.165) is 6.54 Å². The molecule has 0 radical (unpaired) electrons. The fourth-order valence-corrected chi connectivity index (χ4v) is 1.93. The van der Waals surface area contributed by atoms with Crippen LogP contribution in [0.1, 0.15) is 26.5 Å². The fourth-order valence-electron chi connectivity index (χ4n) is 1.93. The van der Waals surface area contributed by atoms with Crippen LogP contribution in [0.25, 0.3) is 0 Å². The van der Waals surface area contributed by atoms with Gasteiger partial charge in [0.15, 0.2) is 0 Å². The maximum Gasteiger partial charge on any atom is 0.410 e. The van der Waals surface area contributed by atoms with Crippen molar-refractivity contribution in [1.29, 1.82) is 0 Å². The quantitative estimate of drug-likeness (QED) is 0.746. The summed E-state index contributed by atoms with van der Waals surface area (Å²) in [7, 11) is 3.64. The zero-order valence-electron chi connectivity index (χ0n) is 14.4. The van der Waals surface area contributed by atoms with Crippen LogP contribution in [0.4, 0.5) is 4.79 Å². The van der Waals surface area contributed by atoms with Gasteiger partial charge >= 0.3 is 6.09 Å². The topological polar surface area (TPSA) is 55.7 Å². The zero-order chi connectivity index (χ0) is 16.6. The van der Waals surface area contributed by atoms with Crippen molar-refractivity contribution in [2.75, 3.05) is 33.4 Å². The smallest absolute Gasteiger partial charge is 0.410 e. The number of amides is 1. The summed E-state index contributed by atoms with van der Waals surface area (Å²) in [5.74, 6) is 0. The predicted octanol–water partition coefficient (Wildman–Crippen LogP) is 2.00. The number of carbonyl (C=O) groups excluding carboxylic acids is 1.